The number of carbonyl (C=O) groups is 2. The van der Waals surface area contributed by atoms with Crippen molar-refractivity contribution < 1.29 is 19.8 Å². The van der Waals surface area contributed by atoms with Gasteiger partial charge in [0.1, 0.15) is 11.3 Å². The molecule has 1 aromatic carbocycles. The van der Waals surface area contributed by atoms with Gasteiger partial charge in [-0.3, -0.25) is 4.79 Å². The maximum Gasteiger partial charge on any atom is 0.339 e. The minimum absolute atomic E-state index is 0.181. The summed E-state index contributed by atoms with van der Waals surface area (Å²) < 4.78 is 0. The molecule has 20 heavy (non-hydrogen) atoms. The van der Waals surface area contributed by atoms with E-state index in [0.717, 1.165) is 25.7 Å². The molecule has 0 heterocycles. The molecule has 1 aliphatic rings. The van der Waals surface area contributed by atoms with Crippen molar-refractivity contribution in [3.63, 3.8) is 0 Å². The first-order chi connectivity index (χ1) is 9.48. The van der Waals surface area contributed by atoms with Gasteiger partial charge < -0.3 is 21.3 Å². The molecule has 2 rings (SSSR count). The second kappa shape index (κ2) is 5.50. The summed E-state index contributed by atoms with van der Waals surface area (Å²) in [7, 11) is 0. The number of aromatic carboxylic acids is 1. The van der Waals surface area contributed by atoms with Crippen LogP contribution in [0.25, 0.3) is 0 Å². The average Bonchev–Trinajstić information content (AvgIpc) is 2.90. The number of carbonyl (C=O) groups excluding carboxylic acids is 1. The van der Waals surface area contributed by atoms with Crippen LogP contribution in [0, 0.1) is 5.41 Å². The van der Waals surface area contributed by atoms with Crippen molar-refractivity contribution in [2.45, 2.75) is 25.7 Å². The number of hydrogen-bond acceptors (Lipinski definition) is 4. The minimum atomic E-state index is -1.24. The average molecular weight is 278 g/mol. The molecule has 5 N–H and O–H groups in total. The molecule has 108 valence electrons. The molecule has 1 saturated carbocycles. The quantitative estimate of drug-likeness (QED) is 0.624. The lowest BCUT2D eigenvalue weighted by atomic mass is 9.85. The van der Waals surface area contributed by atoms with Crippen LogP contribution >= 0.6 is 0 Å². The van der Waals surface area contributed by atoms with Crippen molar-refractivity contribution in [3.05, 3.63) is 23.8 Å². The molecule has 0 atom stereocenters. The number of phenols is 1. The van der Waals surface area contributed by atoms with Gasteiger partial charge in [0.15, 0.2) is 0 Å². The topological polar surface area (TPSA) is 113 Å². The SMILES string of the molecule is NCC1(C(=O)Nc2ccc(O)c(C(=O)O)c2)CCCC1. The van der Waals surface area contributed by atoms with E-state index in [4.69, 9.17) is 10.8 Å². The van der Waals surface area contributed by atoms with Gasteiger partial charge in [0.05, 0.1) is 5.41 Å². The predicted octanol–water partition coefficient (Wildman–Crippen LogP) is 1.55. The Balaban J connectivity index is 2.19. The molecule has 6 nitrogen and oxygen atoms in total. The Labute approximate surface area is 116 Å². The van der Waals surface area contributed by atoms with Gasteiger partial charge in [0, 0.05) is 12.2 Å². The van der Waals surface area contributed by atoms with Crippen LogP contribution in [-0.2, 0) is 4.79 Å². The highest BCUT2D eigenvalue weighted by molar-refractivity contribution is 5.98. The summed E-state index contributed by atoms with van der Waals surface area (Å²) >= 11 is 0. The molecule has 0 aromatic heterocycles. The fraction of sp³-hybridized carbons (Fsp3) is 0.429. The van der Waals surface area contributed by atoms with Gasteiger partial charge in [0.25, 0.3) is 0 Å². The van der Waals surface area contributed by atoms with Gasteiger partial charge in [-0.05, 0) is 31.0 Å². The molecule has 6 heteroatoms. The van der Waals surface area contributed by atoms with E-state index < -0.39 is 11.4 Å². The maximum atomic E-state index is 12.3. The molecule has 1 amide bonds. The third kappa shape index (κ3) is 2.60. The predicted molar refractivity (Wildman–Crippen MR) is 73.7 cm³/mol. The highest BCUT2D eigenvalue weighted by Gasteiger charge is 2.39. The monoisotopic (exact) mass is 278 g/mol. The van der Waals surface area contributed by atoms with Gasteiger partial charge >= 0.3 is 5.97 Å². The summed E-state index contributed by atoms with van der Waals surface area (Å²) in [6.07, 6.45) is 3.44. The number of aromatic hydroxyl groups is 1. The molecule has 0 radical (unpaired) electrons. The minimum Gasteiger partial charge on any atom is -0.507 e. The summed E-state index contributed by atoms with van der Waals surface area (Å²) in [6.45, 7) is 0.280. The zero-order valence-corrected chi connectivity index (χ0v) is 11.1. The Bertz CT molecular complexity index is 536. The molecular formula is C14H18N2O4. The largest absolute Gasteiger partial charge is 0.507 e. The van der Waals surface area contributed by atoms with Crippen molar-refractivity contribution in [2.75, 3.05) is 11.9 Å². The van der Waals surface area contributed by atoms with Crippen LogP contribution in [0.1, 0.15) is 36.0 Å². The normalized spacial score (nSPS) is 16.9. The molecule has 0 unspecified atom stereocenters. The van der Waals surface area contributed by atoms with Gasteiger partial charge in [-0.1, -0.05) is 12.8 Å². The zero-order chi connectivity index (χ0) is 14.8. The standard InChI is InChI=1S/C14H18N2O4/c15-8-14(5-1-2-6-14)13(20)16-9-3-4-11(17)10(7-9)12(18)19/h3-4,7,17H,1-2,5-6,8,15H2,(H,16,20)(H,18,19). The van der Waals surface area contributed by atoms with Crippen LogP contribution in [-0.4, -0.2) is 28.6 Å². The van der Waals surface area contributed by atoms with Crippen molar-refractivity contribution in [3.8, 4) is 5.75 Å². The van der Waals surface area contributed by atoms with Gasteiger partial charge in [-0.25, -0.2) is 4.79 Å². The van der Waals surface area contributed by atoms with Gasteiger partial charge in [-0.2, -0.15) is 0 Å². The van der Waals surface area contributed by atoms with E-state index in [9.17, 15) is 14.7 Å². The summed E-state index contributed by atoms with van der Waals surface area (Å²) in [5.74, 6) is -1.75. The number of carboxylic acid groups (broad SMARTS) is 1. The highest BCUT2D eigenvalue weighted by atomic mass is 16.4. The third-order valence-corrected chi connectivity index (χ3v) is 3.92. The van der Waals surface area contributed by atoms with E-state index in [0.29, 0.717) is 5.69 Å². The molecule has 1 aliphatic carbocycles. The van der Waals surface area contributed by atoms with Crippen LogP contribution in [0.3, 0.4) is 0 Å². The molecular weight excluding hydrogens is 260 g/mol. The van der Waals surface area contributed by atoms with E-state index in [1.807, 2.05) is 0 Å². The Morgan fingerprint density at radius 2 is 1.95 bits per heavy atom. The second-order valence-corrected chi connectivity index (χ2v) is 5.18. The molecule has 0 bridgehead atoms. The van der Waals surface area contributed by atoms with Crippen LogP contribution < -0.4 is 11.1 Å². The maximum absolute atomic E-state index is 12.3. The van der Waals surface area contributed by atoms with E-state index >= 15 is 0 Å². The lowest BCUT2D eigenvalue weighted by Crippen LogP contribution is -2.40. The van der Waals surface area contributed by atoms with Crippen LogP contribution in [0.4, 0.5) is 5.69 Å². The van der Waals surface area contributed by atoms with Crippen molar-refractivity contribution in [1.82, 2.24) is 0 Å². The highest BCUT2D eigenvalue weighted by Crippen LogP contribution is 2.38. The molecule has 1 aromatic rings. The second-order valence-electron chi connectivity index (χ2n) is 5.18. The van der Waals surface area contributed by atoms with Crippen molar-refractivity contribution >= 4 is 17.6 Å². The number of hydrogen-bond donors (Lipinski definition) is 4. The Morgan fingerprint density at radius 1 is 1.30 bits per heavy atom. The molecule has 0 aliphatic heterocycles. The summed E-state index contributed by atoms with van der Waals surface area (Å²) in [4.78, 5) is 23.3. The third-order valence-electron chi connectivity index (χ3n) is 3.92. The van der Waals surface area contributed by atoms with E-state index in [1.54, 1.807) is 0 Å². The van der Waals surface area contributed by atoms with E-state index in [-0.39, 0.29) is 23.8 Å². The van der Waals surface area contributed by atoms with E-state index in [2.05, 4.69) is 5.32 Å². The van der Waals surface area contributed by atoms with Crippen LogP contribution in [0.15, 0.2) is 18.2 Å². The smallest absolute Gasteiger partial charge is 0.339 e. The Hall–Kier alpha value is -2.08. The number of amides is 1. The first kappa shape index (κ1) is 14.3. The lowest BCUT2D eigenvalue weighted by molar-refractivity contribution is -0.124. The number of rotatable bonds is 4. The summed E-state index contributed by atoms with van der Waals surface area (Å²) in [5.41, 5.74) is 5.29. The molecule has 0 spiro atoms. The van der Waals surface area contributed by atoms with Gasteiger partial charge in [-0.15, -0.1) is 0 Å². The van der Waals surface area contributed by atoms with Gasteiger partial charge in [0.2, 0.25) is 5.91 Å². The zero-order valence-electron chi connectivity index (χ0n) is 11.1. The fourth-order valence-corrected chi connectivity index (χ4v) is 2.62. The lowest BCUT2D eigenvalue weighted by Gasteiger charge is -2.25. The van der Waals surface area contributed by atoms with E-state index in [1.165, 1.54) is 18.2 Å². The first-order valence-electron chi connectivity index (χ1n) is 6.56. The summed E-state index contributed by atoms with van der Waals surface area (Å²) in [5, 5.41) is 21.1. The number of benzene rings is 1. The summed E-state index contributed by atoms with van der Waals surface area (Å²) in [6, 6.07) is 3.97. The van der Waals surface area contributed by atoms with Crippen molar-refractivity contribution in [1.29, 1.82) is 0 Å². The van der Waals surface area contributed by atoms with Crippen molar-refractivity contribution in [2.24, 2.45) is 11.1 Å². The molecule has 1 fully saturated rings. The Kier molecular flexibility index (Phi) is 3.94. The number of nitrogens with one attached hydrogen (secondary N) is 1. The van der Waals surface area contributed by atoms with Crippen LogP contribution in [0.5, 0.6) is 5.75 Å². The number of carboxylic acids is 1. The fourth-order valence-electron chi connectivity index (χ4n) is 2.62. The van der Waals surface area contributed by atoms with Crippen LogP contribution in [0.2, 0.25) is 0 Å². The Morgan fingerprint density at radius 3 is 2.50 bits per heavy atom. The molecule has 0 saturated heterocycles. The number of anilines is 1. The number of nitrogens with two attached hydrogens (primary N) is 1. The first-order valence-corrected chi connectivity index (χ1v) is 6.56.